The van der Waals surface area contributed by atoms with E-state index in [9.17, 15) is 0 Å². The van der Waals surface area contributed by atoms with Gasteiger partial charge in [0.1, 0.15) is 0 Å². The van der Waals surface area contributed by atoms with Gasteiger partial charge in [-0.05, 0) is 29.8 Å². The fourth-order valence-electron chi connectivity index (χ4n) is 3.82. The molecule has 27 heavy (non-hydrogen) atoms. The number of likely N-dealkylation sites (tertiary alicyclic amines) is 1. The number of thiocarbonyl (C=S) groups is 1. The summed E-state index contributed by atoms with van der Waals surface area (Å²) in [6, 6.07) is 21.0. The van der Waals surface area contributed by atoms with Crippen molar-refractivity contribution in [1.29, 1.82) is 0 Å². The van der Waals surface area contributed by atoms with Crippen molar-refractivity contribution in [3.63, 3.8) is 0 Å². The van der Waals surface area contributed by atoms with Crippen LogP contribution in [0.4, 0.5) is 0 Å². The molecular weight excluding hydrogens is 356 g/mol. The molecule has 2 fully saturated rings. The number of nitrogens with zero attached hydrogens (tertiary/aromatic N) is 1. The van der Waals surface area contributed by atoms with Crippen LogP contribution in [-0.2, 0) is 9.47 Å². The number of nitrogens with one attached hydrogen (secondary N) is 1. The number of ether oxygens (including phenoxy) is 2. The molecule has 142 valence electrons. The molecule has 2 aromatic rings. The summed E-state index contributed by atoms with van der Waals surface area (Å²) in [7, 11) is 0. The van der Waals surface area contributed by atoms with Gasteiger partial charge in [-0.1, -0.05) is 60.7 Å². The highest BCUT2D eigenvalue weighted by Gasteiger charge is 2.39. The summed E-state index contributed by atoms with van der Waals surface area (Å²) in [6.07, 6.45) is 2.70. The van der Waals surface area contributed by atoms with Crippen LogP contribution in [0.2, 0.25) is 0 Å². The van der Waals surface area contributed by atoms with Crippen LogP contribution in [0, 0.1) is 0 Å². The molecule has 0 saturated carbocycles. The first-order valence-corrected chi connectivity index (χ1v) is 10.1. The van der Waals surface area contributed by atoms with Crippen molar-refractivity contribution in [2.24, 2.45) is 0 Å². The highest BCUT2D eigenvalue weighted by atomic mass is 32.1. The lowest BCUT2D eigenvalue weighted by Crippen LogP contribution is -2.53. The van der Waals surface area contributed by atoms with Crippen LogP contribution in [0.1, 0.15) is 36.4 Å². The van der Waals surface area contributed by atoms with Crippen molar-refractivity contribution < 1.29 is 9.47 Å². The van der Waals surface area contributed by atoms with E-state index in [1.807, 2.05) is 12.1 Å². The van der Waals surface area contributed by atoms with Crippen LogP contribution in [-0.4, -0.2) is 42.1 Å². The normalized spacial score (nSPS) is 19.2. The molecule has 2 aliphatic heterocycles. The zero-order valence-electron chi connectivity index (χ0n) is 15.5. The molecule has 1 N–H and O–H groups in total. The second-order valence-electron chi connectivity index (χ2n) is 7.15. The third-order valence-electron chi connectivity index (χ3n) is 5.36. The van der Waals surface area contributed by atoms with Crippen LogP contribution in [0.3, 0.4) is 0 Å². The Hall–Kier alpha value is -1.95. The van der Waals surface area contributed by atoms with Gasteiger partial charge in [0.25, 0.3) is 0 Å². The Bertz CT molecular complexity index is 698. The Morgan fingerprint density at radius 3 is 1.93 bits per heavy atom. The Morgan fingerprint density at radius 2 is 1.41 bits per heavy atom. The van der Waals surface area contributed by atoms with E-state index in [4.69, 9.17) is 21.7 Å². The molecule has 4 rings (SSSR count). The average Bonchev–Trinajstić information content (AvgIpc) is 2.74. The Kier molecular flexibility index (Phi) is 5.72. The van der Waals surface area contributed by atoms with E-state index in [1.165, 1.54) is 11.1 Å². The fraction of sp³-hybridized carbons (Fsp3) is 0.409. The summed E-state index contributed by atoms with van der Waals surface area (Å²) in [5.41, 5.74) is 2.41. The molecular formula is C22H26N2O2S. The second-order valence-corrected chi connectivity index (χ2v) is 7.54. The number of hydrogen-bond donors (Lipinski definition) is 1. The summed E-state index contributed by atoms with van der Waals surface area (Å²) in [6.45, 7) is 3.30. The van der Waals surface area contributed by atoms with E-state index < -0.39 is 0 Å². The molecule has 0 radical (unpaired) electrons. The van der Waals surface area contributed by atoms with Crippen LogP contribution in [0.15, 0.2) is 60.7 Å². The van der Waals surface area contributed by atoms with Gasteiger partial charge in [-0.15, -0.1) is 0 Å². The van der Waals surface area contributed by atoms with Gasteiger partial charge in [-0.3, -0.25) is 0 Å². The zero-order chi connectivity index (χ0) is 18.5. The van der Waals surface area contributed by atoms with Gasteiger partial charge in [-0.2, -0.15) is 0 Å². The SMILES string of the molecule is S=C(NC(c1ccccc1)c1ccccc1)N1CCC2(CC1)OCCCO2. The molecule has 0 amide bonds. The summed E-state index contributed by atoms with van der Waals surface area (Å²) in [5, 5.41) is 4.38. The van der Waals surface area contributed by atoms with Crippen LogP contribution in [0.25, 0.3) is 0 Å². The van der Waals surface area contributed by atoms with Crippen LogP contribution >= 0.6 is 12.2 Å². The minimum absolute atomic E-state index is 0.0398. The van der Waals surface area contributed by atoms with E-state index in [0.717, 1.165) is 50.7 Å². The smallest absolute Gasteiger partial charge is 0.171 e. The quantitative estimate of drug-likeness (QED) is 0.815. The van der Waals surface area contributed by atoms with Gasteiger partial charge in [0.05, 0.1) is 19.3 Å². The molecule has 0 aromatic heterocycles. The molecule has 0 aliphatic carbocycles. The van der Waals surface area contributed by atoms with Gasteiger partial charge in [0.2, 0.25) is 0 Å². The predicted octanol–water partition coefficient (Wildman–Crippen LogP) is 3.88. The van der Waals surface area contributed by atoms with Crippen molar-refractivity contribution >= 4 is 17.3 Å². The minimum Gasteiger partial charge on any atom is -0.352 e. The molecule has 0 bridgehead atoms. The van der Waals surface area contributed by atoms with Crippen molar-refractivity contribution in [3.05, 3.63) is 71.8 Å². The summed E-state index contributed by atoms with van der Waals surface area (Å²) in [4.78, 5) is 2.24. The molecule has 4 nitrogen and oxygen atoms in total. The predicted molar refractivity (Wildman–Crippen MR) is 111 cm³/mol. The third-order valence-corrected chi connectivity index (χ3v) is 5.74. The third kappa shape index (κ3) is 4.32. The minimum atomic E-state index is -0.386. The molecule has 2 aliphatic rings. The van der Waals surface area contributed by atoms with E-state index in [0.29, 0.717) is 0 Å². The maximum atomic E-state index is 5.94. The summed E-state index contributed by atoms with van der Waals surface area (Å²) in [5.74, 6) is -0.386. The lowest BCUT2D eigenvalue weighted by molar-refractivity contribution is -0.281. The van der Waals surface area contributed by atoms with Crippen molar-refractivity contribution in [2.45, 2.75) is 31.1 Å². The fourth-order valence-corrected chi connectivity index (χ4v) is 4.12. The lowest BCUT2D eigenvalue weighted by Gasteiger charge is -2.44. The van der Waals surface area contributed by atoms with Crippen molar-refractivity contribution in [2.75, 3.05) is 26.3 Å². The molecule has 2 saturated heterocycles. The summed E-state index contributed by atoms with van der Waals surface area (Å²) >= 11 is 5.77. The van der Waals surface area contributed by atoms with Gasteiger partial charge >= 0.3 is 0 Å². The largest absolute Gasteiger partial charge is 0.352 e. The number of piperidine rings is 1. The topological polar surface area (TPSA) is 33.7 Å². The number of rotatable bonds is 3. The molecule has 0 unspecified atom stereocenters. The van der Waals surface area contributed by atoms with E-state index >= 15 is 0 Å². The van der Waals surface area contributed by atoms with Gasteiger partial charge in [0, 0.05) is 25.9 Å². The Balaban J connectivity index is 1.45. The Labute approximate surface area is 166 Å². The van der Waals surface area contributed by atoms with Crippen LogP contribution in [0.5, 0.6) is 0 Å². The Morgan fingerprint density at radius 1 is 0.889 bits per heavy atom. The molecule has 2 heterocycles. The standard InChI is InChI=1S/C22H26N2O2S/c27-21(24-14-12-22(13-15-24)25-16-7-17-26-22)23-20(18-8-3-1-4-9-18)19-10-5-2-6-11-19/h1-6,8-11,20H,7,12-17H2,(H,23,27). The van der Waals surface area contributed by atoms with Gasteiger partial charge in [0.15, 0.2) is 10.9 Å². The zero-order valence-corrected chi connectivity index (χ0v) is 16.3. The van der Waals surface area contributed by atoms with Crippen molar-refractivity contribution in [1.82, 2.24) is 10.2 Å². The van der Waals surface area contributed by atoms with E-state index in [2.05, 4.69) is 58.7 Å². The highest BCUT2D eigenvalue weighted by Crippen LogP contribution is 2.31. The average molecular weight is 383 g/mol. The number of hydrogen-bond acceptors (Lipinski definition) is 3. The van der Waals surface area contributed by atoms with E-state index in [1.54, 1.807) is 0 Å². The first kappa shape index (κ1) is 18.4. The molecule has 2 aromatic carbocycles. The lowest BCUT2D eigenvalue weighted by atomic mass is 9.98. The highest BCUT2D eigenvalue weighted by molar-refractivity contribution is 7.80. The second kappa shape index (κ2) is 8.38. The summed E-state index contributed by atoms with van der Waals surface area (Å²) < 4.78 is 11.9. The molecule has 1 spiro atoms. The van der Waals surface area contributed by atoms with Crippen molar-refractivity contribution in [3.8, 4) is 0 Å². The maximum Gasteiger partial charge on any atom is 0.171 e. The molecule has 0 atom stereocenters. The molecule has 5 heteroatoms. The first-order valence-electron chi connectivity index (χ1n) is 9.69. The number of benzene rings is 2. The van der Waals surface area contributed by atoms with E-state index in [-0.39, 0.29) is 11.8 Å². The first-order chi connectivity index (χ1) is 13.3. The maximum absolute atomic E-state index is 5.94. The monoisotopic (exact) mass is 382 g/mol. The van der Waals surface area contributed by atoms with Crippen LogP contribution < -0.4 is 5.32 Å². The van der Waals surface area contributed by atoms with Gasteiger partial charge in [-0.25, -0.2) is 0 Å². The van der Waals surface area contributed by atoms with Gasteiger partial charge < -0.3 is 19.7 Å².